The molecule has 0 amide bonds. The summed E-state index contributed by atoms with van der Waals surface area (Å²) in [5.41, 5.74) is 1.37. The van der Waals surface area contributed by atoms with Gasteiger partial charge in [0, 0.05) is 11.1 Å². The summed E-state index contributed by atoms with van der Waals surface area (Å²) in [6.07, 6.45) is 1.75. The Morgan fingerprint density at radius 3 is 1.10 bits per heavy atom. The Morgan fingerprint density at radius 1 is 0.550 bits per heavy atom. The van der Waals surface area contributed by atoms with E-state index in [0.29, 0.717) is 11.1 Å². The second-order valence-corrected chi connectivity index (χ2v) is 5.05. The van der Waals surface area contributed by atoms with Crippen LogP contribution in [0.1, 0.15) is 20.7 Å². The van der Waals surface area contributed by atoms with Crippen LogP contribution in [0.5, 0.6) is 0 Å². The van der Waals surface area contributed by atoms with E-state index in [1.165, 1.54) is 0 Å². The van der Waals surface area contributed by atoms with Crippen LogP contribution >= 0.6 is 0 Å². The van der Waals surface area contributed by atoms with Gasteiger partial charge < -0.3 is 0 Å². The fourth-order valence-corrected chi connectivity index (χ4v) is 3.02. The number of carbonyl (C=O) groups is 2. The second-order valence-electron chi connectivity index (χ2n) is 5.05. The molecule has 0 aromatic heterocycles. The van der Waals surface area contributed by atoms with Gasteiger partial charge in [-0.2, -0.15) is 0 Å². The average Bonchev–Trinajstić information content (AvgIpc) is 2.51. The van der Waals surface area contributed by atoms with E-state index >= 15 is 0 Å². The normalized spacial score (nSPS) is 11.4. The third-order valence-electron chi connectivity index (χ3n) is 3.85. The molecule has 0 heterocycles. The van der Waals surface area contributed by atoms with Crippen molar-refractivity contribution in [3.63, 3.8) is 0 Å². The second kappa shape index (κ2) is 3.87. The van der Waals surface area contributed by atoms with Crippen molar-refractivity contribution in [1.82, 2.24) is 0 Å². The maximum Gasteiger partial charge on any atom is 0.150 e. The zero-order valence-electron chi connectivity index (χ0n) is 10.6. The molecule has 0 fully saturated rings. The van der Waals surface area contributed by atoms with Gasteiger partial charge in [-0.3, -0.25) is 9.59 Å². The zero-order valence-corrected chi connectivity index (χ0v) is 10.6. The molecule has 0 aliphatic heterocycles. The van der Waals surface area contributed by atoms with Crippen molar-refractivity contribution in [2.45, 2.75) is 0 Å². The fraction of sp³-hybridized carbons (Fsp3) is 0. The molecule has 94 valence electrons. The highest BCUT2D eigenvalue weighted by molar-refractivity contribution is 6.24. The minimum atomic E-state index is 0.685. The van der Waals surface area contributed by atoms with Gasteiger partial charge in [0.15, 0.2) is 0 Å². The molecule has 0 radical (unpaired) electrons. The lowest BCUT2D eigenvalue weighted by molar-refractivity contribution is 0.111. The zero-order chi connectivity index (χ0) is 13.7. The molecule has 0 aliphatic carbocycles. The van der Waals surface area contributed by atoms with Gasteiger partial charge in [0.2, 0.25) is 0 Å². The number of carbonyl (C=O) groups excluding carboxylic acids is 2. The van der Waals surface area contributed by atoms with Gasteiger partial charge in [-0.1, -0.05) is 24.3 Å². The van der Waals surface area contributed by atoms with Crippen LogP contribution in [0.4, 0.5) is 0 Å². The monoisotopic (exact) mass is 258 g/mol. The van der Waals surface area contributed by atoms with Crippen LogP contribution in [0.25, 0.3) is 32.3 Å². The summed E-state index contributed by atoms with van der Waals surface area (Å²) in [6, 6.07) is 15.6. The van der Waals surface area contributed by atoms with Crippen molar-refractivity contribution >= 4 is 44.9 Å². The maximum absolute atomic E-state index is 11.0. The van der Waals surface area contributed by atoms with Crippen LogP contribution in [-0.4, -0.2) is 12.6 Å². The summed E-state index contributed by atoms with van der Waals surface area (Å²) >= 11 is 0. The van der Waals surface area contributed by atoms with Gasteiger partial charge in [-0.15, -0.1) is 0 Å². The molecule has 0 saturated heterocycles. The molecule has 2 heteroatoms. The SMILES string of the molecule is O=Cc1cc2ccc3cc(C=O)cc4ccc(c1)c2c34. The first-order chi connectivity index (χ1) is 9.80. The molecule has 4 aromatic rings. The summed E-state index contributed by atoms with van der Waals surface area (Å²) < 4.78 is 0. The average molecular weight is 258 g/mol. The predicted molar refractivity (Wildman–Crippen MR) is 80.9 cm³/mol. The van der Waals surface area contributed by atoms with Crippen molar-refractivity contribution in [3.8, 4) is 0 Å². The van der Waals surface area contributed by atoms with Crippen LogP contribution < -0.4 is 0 Å². The van der Waals surface area contributed by atoms with Crippen LogP contribution in [0.3, 0.4) is 0 Å². The van der Waals surface area contributed by atoms with Crippen molar-refractivity contribution in [2.24, 2.45) is 0 Å². The largest absolute Gasteiger partial charge is 0.298 e. The van der Waals surface area contributed by atoms with Crippen molar-refractivity contribution < 1.29 is 9.59 Å². The first kappa shape index (κ1) is 11.1. The Balaban J connectivity index is 2.30. The molecule has 4 aromatic carbocycles. The molecule has 0 atom stereocenters. The lowest BCUT2D eigenvalue weighted by atomic mass is 9.92. The first-order valence-electron chi connectivity index (χ1n) is 6.43. The molecular formula is C18H10O2. The number of benzene rings is 4. The van der Waals surface area contributed by atoms with Crippen LogP contribution in [0.15, 0.2) is 48.5 Å². The van der Waals surface area contributed by atoms with Gasteiger partial charge in [0.1, 0.15) is 12.6 Å². The third kappa shape index (κ3) is 1.39. The number of aldehydes is 2. The van der Waals surface area contributed by atoms with E-state index in [0.717, 1.165) is 44.9 Å². The van der Waals surface area contributed by atoms with Crippen LogP contribution in [0, 0.1) is 0 Å². The van der Waals surface area contributed by atoms with Crippen LogP contribution in [-0.2, 0) is 0 Å². The molecular weight excluding hydrogens is 248 g/mol. The molecule has 20 heavy (non-hydrogen) atoms. The van der Waals surface area contributed by atoms with Crippen LogP contribution in [0.2, 0.25) is 0 Å². The third-order valence-corrected chi connectivity index (χ3v) is 3.85. The van der Waals surface area contributed by atoms with E-state index in [9.17, 15) is 9.59 Å². The Bertz CT molecular complexity index is 835. The van der Waals surface area contributed by atoms with Crippen molar-refractivity contribution in [3.05, 3.63) is 59.7 Å². The lowest BCUT2D eigenvalue weighted by Gasteiger charge is -2.11. The highest BCUT2D eigenvalue weighted by Crippen LogP contribution is 2.35. The lowest BCUT2D eigenvalue weighted by Crippen LogP contribution is -1.88. The Morgan fingerprint density at radius 2 is 0.850 bits per heavy atom. The smallest absolute Gasteiger partial charge is 0.150 e. The predicted octanol–water partition coefficient (Wildman–Crippen LogP) is 4.21. The number of rotatable bonds is 2. The Hall–Kier alpha value is -2.74. The van der Waals surface area contributed by atoms with Gasteiger partial charge in [0.05, 0.1) is 0 Å². The molecule has 0 spiro atoms. The standard InChI is InChI=1S/C18H10O2/c19-9-11-5-13-1-2-14-6-12(10-20)8-16-4-3-15(7-11)17(13)18(14)16/h1-10H. The molecule has 0 N–H and O–H groups in total. The molecule has 0 unspecified atom stereocenters. The van der Waals surface area contributed by atoms with E-state index in [2.05, 4.69) is 0 Å². The van der Waals surface area contributed by atoms with E-state index in [1.54, 1.807) is 0 Å². The van der Waals surface area contributed by atoms with Gasteiger partial charge >= 0.3 is 0 Å². The van der Waals surface area contributed by atoms with Gasteiger partial charge in [-0.05, 0) is 56.6 Å². The minimum absolute atomic E-state index is 0.685. The summed E-state index contributed by atoms with van der Waals surface area (Å²) in [5.74, 6) is 0. The Labute approximate surface area is 115 Å². The number of hydrogen-bond donors (Lipinski definition) is 0. The van der Waals surface area contributed by atoms with E-state index in [4.69, 9.17) is 0 Å². The first-order valence-corrected chi connectivity index (χ1v) is 6.43. The summed E-state index contributed by atoms with van der Waals surface area (Å²) in [4.78, 5) is 22.0. The van der Waals surface area contributed by atoms with E-state index in [1.807, 2.05) is 48.5 Å². The van der Waals surface area contributed by atoms with Gasteiger partial charge in [-0.25, -0.2) is 0 Å². The molecule has 0 saturated carbocycles. The molecule has 0 bridgehead atoms. The van der Waals surface area contributed by atoms with Gasteiger partial charge in [0.25, 0.3) is 0 Å². The summed E-state index contributed by atoms with van der Waals surface area (Å²) in [7, 11) is 0. The topological polar surface area (TPSA) is 34.1 Å². The Kier molecular flexibility index (Phi) is 2.15. The minimum Gasteiger partial charge on any atom is -0.298 e. The highest BCUT2D eigenvalue weighted by Gasteiger charge is 2.10. The number of hydrogen-bond acceptors (Lipinski definition) is 2. The summed E-state index contributed by atoms with van der Waals surface area (Å²) in [5, 5.41) is 6.54. The molecule has 2 nitrogen and oxygen atoms in total. The van der Waals surface area contributed by atoms with Crippen molar-refractivity contribution in [2.75, 3.05) is 0 Å². The maximum atomic E-state index is 11.0. The molecule has 4 rings (SSSR count). The highest BCUT2D eigenvalue weighted by atomic mass is 16.1. The quantitative estimate of drug-likeness (QED) is 0.398. The molecule has 0 aliphatic rings. The van der Waals surface area contributed by atoms with E-state index < -0.39 is 0 Å². The van der Waals surface area contributed by atoms with E-state index in [-0.39, 0.29) is 0 Å². The fourth-order valence-electron chi connectivity index (χ4n) is 3.02. The van der Waals surface area contributed by atoms with Crippen molar-refractivity contribution in [1.29, 1.82) is 0 Å². The summed E-state index contributed by atoms with van der Waals surface area (Å²) in [6.45, 7) is 0.